The van der Waals surface area contributed by atoms with Gasteiger partial charge in [-0.2, -0.15) is 0 Å². The molecule has 0 fully saturated rings. The van der Waals surface area contributed by atoms with Gasteiger partial charge in [0.15, 0.2) is 0 Å². The number of ether oxygens (including phenoxy) is 1. The topological polar surface area (TPSA) is 44.1 Å². The van der Waals surface area contributed by atoms with Gasteiger partial charge in [-0.05, 0) is 62.1 Å². The summed E-state index contributed by atoms with van der Waals surface area (Å²) < 4.78 is 7.83. The number of carbonyl (C=O) groups excluding carboxylic acids is 1. The summed E-state index contributed by atoms with van der Waals surface area (Å²) in [5.41, 5.74) is 5.50. The minimum absolute atomic E-state index is 0.124. The lowest BCUT2D eigenvalue weighted by Crippen LogP contribution is -2.09. The Morgan fingerprint density at radius 1 is 1.07 bits per heavy atom. The predicted molar refractivity (Wildman–Crippen MR) is 118 cm³/mol. The zero-order chi connectivity index (χ0) is 20.8. The van der Waals surface area contributed by atoms with Crippen molar-refractivity contribution in [1.82, 2.24) is 9.55 Å². The Hall–Kier alpha value is -2.62. The van der Waals surface area contributed by atoms with Crippen molar-refractivity contribution in [2.45, 2.75) is 72.3 Å². The molecule has 1 atom stereocenters. The number of carbonyl (C=O) groups is 1. The van der Waals surface area contributed by atoms with Crippen LogP contribution in [0.4, 0.5) is 0 Å². The number of esters is 1. The lowest BCUT2D eigenvalue weighted by molar-refractivity contribution is -0.148. The molecule has 0 aliphatic heterocycles. The molecule has 1 aromatic heterocycles. The Kier molecular flexibility index (Phi) is 7.08. The quantitative estimate of drug-likeness (QED) is 0.392. The number of benzene rings is 2. The van der Waals surface area contributed by atoms with Gasteiger partial charge in [0.05, 0.1) is 11.0 Å². The van der Waals surface area contributed by atoms with E-state index >= 15 is 0 Å². The summed E-state index contributed by atoms with van der Waals surface area (Å²) in [5.74, 6) is 0.973. The van der Waals surface area contributed by atoms with Crippen molar-refractivity contribution in [3.8, 4) is 5.69 Å². The molecule has 0 bridgehead atoms. The molecular formula is C25H32N2O2. The molecule has 0 spiro atoms. The SMILES string of the molecule is CCCCC(=O)OC(C)c1ccc(-n2c(CCCC)nc3cc(C)ccc32)cc1. The van der Waals surface area contributed by atoms with E-state index in [1.54, 1.807) is 0 Å². The third-order valence-electron chi connectivity index (χ3n) is 5.30. The predicted octanol–water partition coefficient (Wildman–Crippen LogP) is 6.47. The number of fused-ring (bicyclic) bond motifs is 1. The first kappa shape index (κ1) is 21.1. The first-order chi connectivity index (χ1) is 14.0. The molecule has 0 aliphatic carbocycles. The maximum atomic E-state index is 11.9. The lowest BCUT2D eigenvalue weighted by Gasteiger charge is -2.15. The molecule has 0 saturated carbocycles. The van der Waals surface area contributed by atoms with Crippen LogP contribution in [-0.4, -0.2) is 15.5 Å². The summed E-state index contributed by atoms with van der Waals surface area (Å²) in [4.78, 5) is 16.8. The maximum Gasteiger partial charge on any atom is 0.306 e. The van der Waals surface area contributed by atoms with E-state index in [0.717, 1.165) is 60.2 Å². The van der Waals surface area contributed by atoms with E-state index < -0.39 is 0 Å². The van der Waals surface area contributed by atoms with Crippen molar-refractivity contribution < 1.29 is 9.53 Å². The Bertz CT molecular complexity index is 957. The highest BCUT2D eigenvalue weighted by atomic mass is 16.5. The highest BCUT2D eigenvalue weighted by Gasteiger charge is 2.15. The summed E-state index contributed by atoms with van der Waals surface area (Å²) in [7, 11) is 0. The highest BCUT2D eigenvalue weighted by molar-refractivity contribution is 5.79. The van der Waals surface area contributed by atoms with Crippen LogP contribution in [0.2, 0.25) is 0 Å². The van der Waals surface area contributed by atoms with Crippen molar-refractivity contribution in [1.29, 1.82) is 0 Å². The fourth-order valence-corrected chi connectivity index (χ4v) is 3.57. The second-order valence-electron chi connectivity index (χ2n) is 7.79. The Morgan fingerprint density at radius 3 is 2.48 bits per heavy atom. The monoisotopic (exact) mass is 392 g/mol. The van der Waals surface area contributed by atoms with Crippen molar-refractivity contribution in [2.24, 2.45) is 0 Å². The van der Waals surface area contributed by atoms with E-state index in [1.807, 2.05) is 6.92 Å². The summed E-state index contributed by atoms with van der Waals surface area (Å²) >= 11 is 0. The molecule has 4 heteroatoms. The van der Waals surface area contributed by atoms with Crippen LogP contribution in [0, 0.1) is 6.92 Å². The molecular weight excluding hydrogens is 360 g/mol. The second-order valence-corrected chi connectivity index (χ2v) is 7.79. The zero-order valence-corrected chi connectivity index (χ0v) is 18.1. The van der Waals surface area contributed by atoms with Gasteiger partial charge in [0.1, 0.15) is 11.9 Å². The molecule has 0 aliphatic rings. The molecule has 3 aromatic rings. The molecule has 0 N–H and O–H groups in total. The summed E-state index contributed by atoms with van der Waals surface area (Å²) in [6.45, 7) is 8.31. The fraction of sp³-hybridized carbons (Fsp3) is 0.440. The van der Waals surface area contributed by atoms with Gasteiger partial charge in [-0.3, -0.25) is 9.36 Å². The average molecular weight is 393 g/mol. The molecule has 154 valence electrons. The van der Waals surface area contributed by atoms with Gasteiger partial charge in [0.25, 0.3) is 0 Å². The van der Waals surface area contributed by atoms with Crippen LogP contribution in [0.3, 0.4) is 0 Å². The minimum Gasteiger partial charge on any atom is -0.458 e. The van der Waals surface area contributed by atoms with Gasteiger partial charge in [0.2, 0.25) is 0 Å². The molecule has 4 nitrogen and oxygen atoms in total. The normalized spacial score (nSPS) is 12.3. The van der Waals surface area contributed by atoms with Crippen LogP contribution in [0.15, 0.2) is 42.5 Å². The van der Waals surface area contributed by atoms with E-state index in [-0.39, 0.29) is 12.1 Å². The molecule has 29 heavy (non-hydrogen) atoms. The van der Waals surface area contributed by atoms with Gasteiger partial charge >= 0.3 is 5.97 Å². The van der Waals surface area contributed by atoms with E-state index in [4.69, 9.17) is 9.72 Å². The zero-order valence-electron chi connectivity index (χ0n) is 18.1. The number of hydrogen-bond acceptors (Lipinski definition) is 3. The highest BCUT2D eigenvalue weighted by Crippen LogP contribution is 2.26. The van der Waals surface area contributed by atoms with Crippen LogP contribution in [0.1, 0.15) is 75.9 Å². The van der Waals surface area contributed by atoms with Crippen LogP contribution >= 0.6 is 0 Å². The van der Waals surface area contributed by atoms with Crippen LogP contribution in [0.5, 0.6) is 0 Å². The van der Waals surface area contributed by atoms with Crippen molar-refractivity contribution >= 4 is 17.0 Å². The lowest BCUT2D eigenvalue weighted by atomic mass is 10.1. The minimum atomic E-state index is -0.241. The van der Waals surface area contributed by atoms with Crippen molar-refractivity contribution in [3.05, 3.63) is 59.4 Å². The van der Waals surface area contributed by atoms with Gasteiger partial charge in [-0.25, -0.2) is 4.98 Å². The number of imidazole rings is 1. The van der Waals surface area contributed by atoms with Crippen molar-refractivity contribution in [2.75, 3.05) is 0 Å². The number of aryl methyl sites for hydroxylation is 2. The number of unbranched alkanes of at least 4 members (excludes halogenated alkanes) is 2. The summed E-state index contributed by atoms with van der Waals surface area (Å²) in [6, 6.07) is 14.7. The molecule has 0 amide bonds. The summed E-state index contributed by atoms with van der Waals surface area (Å²) in [5, 5.41) is 0. The molecule has 1 heterocycles. The van der Waals surface area contributed by atoms with E-state index in [9.17, 15) is 4.79 Å². The summed E-state index contributed by atoms with van der Waals surface area (Å²) in [6.07, 6.45) is 5.33. The smallest absolute Gasteiger partial charge is 0.306 e. The van der Waals surface area contributed by atoms with E-state index in [0.29, 0.717) is 6.42 Å². The number of hydrogen-bond donors (Lipinski definition) is 0. The molecule has 3 rings (SSSR count). The van der Waals surface area contributed by atoms with Gasteiger partial charge in [0, 0.05) is 18.5 Å². The number of nitrogens with zero attached hydrogens (tertiary/aromatic N) is 2. The largest absolute Gasteiger partial charge is 0.458 e. The molecule has 1 unspecified atom stereocenters. The first-order valence-corrected chi connectivity index (χ1v) is 10.8. The van der Waals surface area contributed by atoms with Crippen LogP contribution in [0.25, 0.3) is 16.7 Å². The Balaban J connectivity index is 1.87. The van der Waals surface area contributed by atoms with Gasteiger partial charge < -0.3 is 4.74 Å². The second kappa shape index (κ2) is 9.73. The van der Waals surface area contributed by atoms with E-state index in [2.05, 4.69) is 67.8 Å². The van der Waals surface area contributed by atoms with Crippen LogP contribution in [-0.2, 0) is 16.0 Å². The maximum absolute atomic E-state index is 11.9. The standard InChI is InChI=1S/C25H32N2O2/c1-5-7-9-24-26-22-17-18(3)11-16-23(22)27(24)21-14-12-20(13-15-21)19(4)29-25(28)10-8-6-2/h11-17,19H,5-10H2,1-4H3. The number of rotatable bonds is 9. The molecule has 0 saturated heterocycles. The van der Waals surface area contributed by atoms with Crippen molar-refractivity contribution in [3.63, 3.8) is 0 Å². The van der Waals surface area contributed by atoms with Gasteiger partial charge in [-0.1, -0.05) is 44.9 Å². The average Bonchev–Trinajstić information content (AvgIpc) is 3.07. The first-order valence-electron chi connectivity index (χ1n) is 10.8. The fourth-order valence-electron chi connectivity index (χ4n) is 3.57. The Morgan fingerprint density at radius 2 is 1.79 bits per heavy atom. The third-order valence-corrected chi connectivity index (χ3v) is 5.30. The third kappa shape index (κ3) is 5.06. The number of aromatic nitrogens is 2. The van der Waals surface area contributed by atoms with Crippen LogP contribution < -0.4 is 0 Å². The Labute approximate surface area is 173 Å². The molecule has 2 aromatic carbocycles. The van der Waals surface area contributed by atoms with E-state index in [1.165, 1.54) is 5.56 Å². The van der Waals surface area contributed by atoms with Gasteiger partial charge in [-0.15, -0.1) is 0 Å². The molecule has 0 radical (unpaired) electrons.